The maximum Gasteiger partial charge on any atom is 0.119 e. The average molecular weight is 245 g/mol. The SMILES string of the molecule is Oc1ccc(CC2CCNCC2)c2c1CCCC2. The first-order valence-electron chi connectivity index (χ1n) is 7.38. The van der Waals surface area contributed by atoms with E-state index in [-0.39, 0.29) is 0 Å². The van der Waals surface area contributed by atoms with E-state index in [9.17, 15) is 5.11 Å². The van der Waals surface area contributed by atoms with Crippen LogP contribution in [0.1, 0.15) is 42.4 Å². The first-order valence-corrected chi connectivity index (χ1v) is 7.38. The molecule has 0 radical (unpaired) electrons. The molecule has 2 N–H and O–H groups in total. The van der Waals surface area contributed by atoms with E-state index in [4.69, 9.17) is 0 Å². The van der Waals surface area contributed by atoms with Crippen LogP contribution in [0.25, 0.3) is 0 Å². The van der Waals surface area contributed by atoms with Gasteiger partial charge in [0.25, 0.3) is 0 Å². The average Bonchev–Trinajstić information content (AvgIpc) is 2.44. The molecule has 2 nitrogen and oxygen atoms in total. The van der Waals surface area contributed by atoms with Crippen molar-refractivity contribution in [2.45, 2.75) is 44.9 Å². The first-order chi connectivity index (χ1) is 8.84. The molecule has 1 aliphatic heterocycles. The number of phenolic OH excluding ortho intramolecular Hbond substituents is 1. The summed E-state index contributed by atoms with van der Waals surface area (Å²) in [6.07, 6.45) is 8.58. The summed E-state index contributed by atoms with van der Waals surface area (Å²) in [6, 6.07) is 4.09. The summed E-state index contributed by atoms with van der Waals surface area (Å²) >= 11 is 0. The molecule has 0 amide bonds. The zero-order chi connectivity index (χ0) is 12.4. The number of fused-ring (bicyclic) bond motifs is 1. The molecule has 98 valence electrons. The monoisotopic (exact) mass is 245 g/mol. The van der Waals surface area contributed by atoms with Crippen LogP contribution in [0.5, 0.6) is 5.75 Å². The summed E-state index contributed by atoms with van der Waals surface area (Å²) in [5.74, 6) is 1.36. The standard InChI is InChI=1S/C16H23NO/c18-16-6-5-13(11-12-7-9-17-10-8-12)14-3-1-2-4-15(14)16/h5-6,12,17-18H,1-4,7-11H2. The largest absolute Gasteiger partial charge is 0.508 e. The third-order valence-electron chi connectivity index (χ3n) is 4.57. The summed E-state index contributed by atoms with van der Waals surface area (Å²) < 4.78 is 0. The van der Waals surface area contributed by atoms with Crippen LogP contribution >= 0.6 is 0 Å². The topological polar surface area (TPSA) is 32.3 Å². The maximum atomic E-state index is 9.98. The summed E-state index contributed by atoms with van der Waals surface area (Å²) in [7, 11) is 0. The predicted octanol–water partition coefficient (Wildman–Crippen LogP) is 2.81. The van der Waals surface area contributed by atoms with Gasteiger partial charge in [-0.25, -0.2) is 0 Å². The molecule has 2 aliphatic rings. The lowest BCUT2D eigenvalue weighted by Gasteiger charge is -2.26. The number of aromatic hydroxyl groups is 1. The van der Waals surface area contributed by atoms with Gasteiger partial charge in [0.15, 0.2) is 0 Å². The van der Waals surface area contributed by atoms with Gasteiger partial charge in [-0.2, -0.15) is 0 Å². The van der Waals surface area contributed by atoms with Crippen LogP contribution in [0.4, 0.5) is 0 Å². The molecule has 0 aromatic heterocycles. The third kappa shape index (κ3) is 2.39. The summed E-state index contributed by atoms with van der Waals surface area (Å²) in [5.41, 5.74) is 4.22. The molecule has 0 bridgehead atoms. The molecule has 2 heteroatoms. The van der Waals surface area contributed by atoms with Gasteiger partial charge in [0.2, 0.25) is 0 Å². The summed E-state index contributed by atoms with van der Waals surface area (Å²) in [5, 5.41) is 13.4. The molecule has 3 rings (SSSR count). The molecule has 1 saturated heterocycles. The van der Waals surface area contributed by atoms with Crippen molar-refractivity contribution in [2.24, 2.45) is 5.92 Å². The minimum absolute atomic E-state index is 0.527. The maximum absolute atomic E-state index is 9.98. The van der Waals surface area contributed by atoms with Crippen LogP contribution in [-0.4, -0.2) is 18.2 Å². The normalized spacial score (nSPS) is 20.7. The van der Waals surface area contributed by atoms with Gasteiger partial charge in [-0.05, 0) is 86.7 Å². The van der Waals surface area contributed by atoms with Crippen LogP contribution in [0.3, 0.4) is 0 Å². The lowest BCUT2D eigenvalue weighted by Crippen LogP contribution is -2.29. The molecule has 0 unspecified atom stereocenters. The van der Waals surface area contributed by atoms with E-state index in [1.54, 1.807) is 0 Å². The highest BCUT2D eigenvalue weighted by Gasteiger charge is 2.20. The second-order valence-corrected chi connectivity index (χ2v) is 5.81. The van der Waals surface area contributed by atoms with Gasteiger partial charge < -0.3 is 10.4 Å². The Morgan fingerprint density at radius 2 is 1.78 bits per heavy atom. The van der Waals surface area contributed by atoms with Gasteiger partial charge in [0.05, 0.1) is 0 Å². The fraction of sp³-hybridized carbons (Fsp3) is 0.625. The van der Waals surface area contributed by atoms with Gasteiger partial charge in [-0.15, -0.1) is 0 Å². The van der Waals surface area contributed by atoms with E-state index in [1.165, 1.54) is 68.3 Å². The first kappa shape index (κ1) is 12.0. The van der Waals surface area contributed by atoms with Crippen molar-refractivity contribution in [3.05, 3.63) is 28.8 Å². The Bertz CT molecular complexity index is 421. The second-order valence-electron chi connectivity index (χ2n) is 5.81. The number of piperidine rings is 1. The predicted molar refractivity (Wildman–Crippen MR) is 74.0 cm³/mol. The van der Waals surface area contributed by atoms with Crippen molar-refractivity contribution >= 4 is 0 Å². The number of nitrogens with one attached hydrogen (secondary N) is 1. The van der Waals surface area contributed by atoms with Crippen LogP contribution in [0.2, 0.25) is 0 Å². The highest BCUT2D eigenvalue weighted by Crippen LogP contribution is 2.33. The molecule has 1 aromatic rings. The lowest BCUT2D eigenvalue weighted by atomic mass is 9.82. The Balaban J connectivity index is 1.82. The van der Waals surface area contributed by atoms with Gasteiger partial charge >= 0.3 is 0 Å². The molecule has 0 atom stereocenters. The van der Waals surface area contributed by atoms with Crippen molar-refractivity contribution in [3.8, 4) is 5.75 Å². The highest BCUT2D eigenvalue weighted by molar-refractivity contribution is 5.46. The molecular formula is C16H23NO. The second kappa shape index (κ2) is 5.31. The quantitative estimate of drug-likeness (QED) is 0.839. The van der Waals surface area contributed by atoms with Crippen LogP contribution < -0.4 is 5.32 Å². The smallest absolute Gasteiger partial charge is 0.119 e. The molecule has 18 heavy (non-hydrogen) atoms. The van der Waals surface area contributed by atoms with E-state index in [2.05, 4.69) is 11.4 Å². The summed E-state index contributed by atoms with van der Waals surface area (Å²) in [6.45, 7) is 2.34. The number of hydrogen-bond acceptors (Lipinski definition) is 2. The van der Waals surface area contributed by atoms with Gasteiger partial charge in [0, 0.05) is 0 Å². The molecule has 0 saturated carbocycles. The van der Waals surface area contributed by atoms with E-state index < -0.39 is 0 Å². The fourth-order valence-electron chi connectivity index (χ4n) is 3.51. The van der Waals surface area contributed by atoms with Crippen LogP contribution in [0.15, 0.2) is 12.1 Å². The van der Waals surface area contributed by atoms with E-state index in [1.807, 2.05) is 6.07 Å². The molecule has 1 heterocycles. The number of benzene rings is 1. The Kier molecular flexibility index (Phi) is 3.55. The number of hydrogen-bond donors (Lipinski definition) is 2. The number of rotatable bonds is 2. The Hall–Kier alpha value is -1.02. The van der Waals surface area contributed by atoms with Gasteiger partial charge in [-0.1, -0.05) is 6.07 Å². The third-order valence-corrected chi connectivity index (χ3v) is 4.57. The van der Waals surface area contributed by atoms with E-state index in [0.717, 1.165) is 12.3 Å². The highest BCUT2D eigenvalue weighted by atomic mass is 16.3. The van der Waals surface area contributed by atoms with Crippen molar-refractivity contribution in [3.63, 3.8) is 0 Å². The van der Waals surface area contributed by atoms with Crippen molar-refractivity contribution in [2.75, 3.05) is 13.1 Å². The van der Waals surface area contributed by atoms with Crippen molar-refractivity contribution in [1.82, 2.24) is 5.32 Å². The van der Waals surface area contributed by atoms with Crippen LogP contribution in [-0.2, 0) is 19.3 Å². The van der Waals surface area contributed by atoms with Crippen molar-refractivity contribution < 1.29 is 5.11 Å². The number of phenols is 1. The zero-order valence-electron chi connectivity index (χ0n) is 11.0. The minimum atomic E-state index is 0.527. The Morgan fingerprint density at radius 1 is 1.06 bits per heavy atom. The van der Waals surface area contributed by atoms with Gasteiger partial charge in [0.1, 0.15) is 5.75 Å². The Morgan fingerprint density at radius 3 is 2.56 bits per heavy atom. The van der Waals surface area contributed by atoms with E-state index in [0.29, 0.717) is 5.75 Å². The summed E-state index contributed by atoms with van der Waals surface area (Å²) in [4.78, 5) is 0. The van der Waals surface area contributed by atoms with Crippen LogP contribution in [0, 0.1) is 5.92 Å². The molecule has 1 aromatic carbocycles. The fourth-order valence-corrected chi connectivity index (χ4v) is 3.51. The zero-order valence-corrected chi connectivity index (χ0v) is 11.0. The van der Waals surface area contributed by atoms with Crippen molar-refractivity contribution in [1.29, 1.82) is 0 Å². The Labute approximate surface area is 109 Å². The lowest BCUT2D eigenvalue weighted by molar-refractivity contribution is 0.371. The minimum Gasteiger partial charge on any atom is -0.508 e. The van der Waals surface area contributed by atoms with E-state index >= 15 is 0 Å². The molecule has 0 spiro atoms. The van der Waals surface area contributed by atoms with Gasteiger partial charge in [-0.3, -0.25) is 0 Å². The molecule has 1 fully saturated rings. The molecular weight excluding hydrogens is 222 g/mol. The molecule has 1 aliphatic carbocycles.